The van der Waals surface area contributed by atoms with Crippen LogP contribution in [0.5, 0.6) is 0 Å². The van der Waals surface area contributed by atoms with Crippen molar-refractivity contribution in [1.82, 2.24) is 0 Å². The van der Waals surface area contributed by atoms with Crippen molar-refractivity contribution in [3.8, 4) is 0 Å². The van der Waals surface area contributed by atoms with E-state index in [4.69, 9.17) is 4.74 Å². The Kier molecular flexibility index (Phi) is 7.61. The molecule has 0 atom stereocenters. The number of nitrogens with zero attached hydrogens (tertiary/aromatic N) is 1. The van der Waals surface area contributed by atoms with Gasteiger partial charge in [-0.2, -0.15) is 0 Å². The molecule has 0 heterocycles. The number of ether oxygens (including phenoxy) is 1. The zero-order valence-corrected chi connectivity index (χ0v) is 12.8. The van der Waals surface area contributed by atoms with E-state index in [2.05, 4.69) is 0 Å². The number of hydrogen-bond acceptors (Lipinski definition) is 2. The number of likely N-dealkylation sites (N-methyl/N-ethyl adjacent to an activating group) is 1. The van der Waals surface area contributed by atoms with Crippen LogP contribution in [0.4, 0.5) is 14.5 Å². The van der Waals surface area contributed by atoms with Crippen LogP contribution in [0.2, 0.25) is 0 Å². The normalized spacial score (nSPS) is 10.7. The maximum Gasteiger partial charge on any atom is 0.270 e. The Labute approximate surface area is 115 Å². The molecule has 1 aromatic rings. The van der Waals surface area contributed by atoms with E-state index in [0.717, 1.165) is 24.7 Å². The van der Waals surface area contributed by atoms with Crippen LogP contribution in [0.3, 0.4) is 0 Å². The third kappa shape index (κ3) is 5.55. The third-order valence-corrected chi connectivity index (χ3v) is 2.75. The molecule has 0 saturated heterocycles. The summed E-state index contributed by atoms with van der Waals surface area (Å²) < 4.78 is 31.3. The molecule has 0 saturated carbocycles. The first-order chi connectivity index (χ1) is 8.86. The molecule has 0 unspecified atom stereocenters. The second kappa shape index (κ2) is 8.10. The first-order valence-corrected chi connectivity index (χ1v) is 6.55. The molecular formula is C15H25F2NO. The third-order valence-electron chi connectivity index (χ3n) is 2.75. The quantitative estimate of drug-likeness (QED) is 0.796. The topological polar surface area (TPSA) is 12.5 Å². The van der Waals surface area contributed by atoms with Gasteiger partial charge in [-0.3, -0.25) is 0 Å². The minimum absolute atomic E-state index is 0.0545. The van der Waals surface area contributed by atoms with E-state index in [0.29, 0.717) is 6.61 Å². The van der Waals surface area contributed by atoms with Gasteiger partial charge in [-0.05, 0) is 24.6 Å². The molecule has 0 aliphatic rings. The molecule has 0 spiro atoms. The fourth-order valence-corrected chi connectivity index (χ4v) is 1.71. The van der Waals surface area contributed by atoms with Crippen LogP contribution in [0.15, 0.2) is 18.2 Å². The van der Waals surface area contributed by atoms with Gasteiger partial charge in [0.1, 0.15) is 0 Å². The van der Waals surface area contributed by atoms with Crippen molar-refractivity contribution in [3.05, 3.63) is 29.3 Å². The smallest absolute Gasteiger partial charge is 0.270 e. The van der Waals surface area contributed by atoms with Gasteiger partial charge in [0.15, 0.2) is 0 Å². The predicted molar refractivity (Wildman–Crippen MR) is 77.2 cm³/mol. The number of benzene rings is 1. The van der Waals surface area contributed by atoms with E-state index in [-0.39, 0.29) is 5.56 Å². The highest BCUT2D eigenvalue weighted by atomic mass is 19.3. The van der Waals surface area contributed by atoms with Gasteiger partial charge >= 0.3 is 0 Å². The summed E-state index contributed by atoms with van der Waals surface area (Å²) in [5, 5.41) is 0. The lowest BCUT2D eigenvalue weighted by molar-refractivity contribution is 0.0174. The molecule has 0 bridgehead atoms. The van der Waals surface area contributed by atoms with E-state index in [1.165, 1.54) is 6.07 Å². The van der Waals surface area contributed by atoms with Crippen molar-refractivity contribution >= 4 is 5.69 Å². The molecule has 0 aliphatic heterocycles. The Hall–Kier alpha value is -1.16. The molecular weight excluding hydrogens is 248 g/mol. The number of hydrogen-bond donors (Lipinski definition) is 0. The maximum atomic E-state index is 13.1. The Balaban J connectivity index is 0.00000154. The van der Waals surface area contributed by atoms with Crippen molar-refractivity contribution < 1.29 is 13.5 Å². The first kappa shape index (κ1) is 17.8. The van der Waals surface area contributed by atoms with Crippen LogP contribution in [-0.4, -0.2) is 27.3 Å². The summed E-state index contributed by atoms with van der Waals surface area (Å²) in [5.74, 6) is -2.78. The molecule has 19 heavy (non-hydrogen) atoms. The van der Waals surface area contributed by atoms with Crippen LogP contribution in [0.1, 0.15) is 31.9 Å². The summed E-state index contributed by atoms with van der Waals surface area (Å²) in [6, 6.07) is 4.75. The van der Waals surface area contributed by atoms with Crippen LogP contribution < -0.4 is 4.90 Å². The Morgan fingerprint density at radius 1 is 1.26 bits per heavy atom. The lowest BCUT2D eigenvalue weighted by Gasteiger charge is -2.22. The summed E-state index contributed by atoms with van der Waals surface area (Å²) in [4.78, 5) is 2.00. The molecule has 1 rings (SSSR count). The SMILES string of the molecule is CC.COCCN(C)c1ccc(C(C)(F)F)cc1C. The number of halogens is 2. The molecule has 0 radical (unpaired) electrons. The van der Waals surface area contributed by atoms with Gasteiger partial charge in [-0.1, -0.05) is 19.9 Å². The largest absolute Gasteiger partial charge is 0.383 e. The number of methoxy groups -OCH3 is 1. The highest BCUT2D eigenvalue weighted by Gasteiger charge is 2.24. The van der Waals surface area contributed by atoms with E-state index in [1.807, 2.05) is 32.7 Å². The average Bonchev–Trinajstić information content (AvgIpc) is 2.37. The van der Waals surface area contributed by atoms with Crippen molar-refractivity contribution in [2.75, 3.05) is 32.2 Å². The fraction of sp³-hybridized carbons (Fsp3) is 0.600. The molecule has 0 aliphatic carbocycles. The minimum Gasteiger partial charge on any atom is -0.383 e. The van der Waals surface area contributed by atoms with Gasteiger partial charge in [0.2, 0.25) is 0 Å². The number of alkyl halides is 2. The monoisotopic (exact) mass is 273 g/mol. The van der Waals surface area contributed by atoms with E-state index >= 15 is 0 Å². The van der Waals surface area contributed by atoms with Crippen molar-refractivity contribution in [2.24, 2.45) is 0 Å². The Morgan fingerprint density at radius 3 is 2.26 bits per heavy atom. The standard InChI is InChI=1S/C13H19F2NO.C2H6/c1-10-9-11(13(2,14)15)5-6-12(10)16(3)7-8-17-4;1-2/h5-6,9H,7-8H2,1-4H3;1-2H3. The minimum atomic E-state index is -2.78. The van der Waals surface area contributed by atoms with Crippen LogP contribution >= 0.6 is 0 Å². The first-order valence-electron chi connectivity index (χ1n) is 6.55. The number of aryl methyl sites for hydroxylation is 1. The molecule has 2 nitrogen and oxygen atoms in total. The van der Waals surface area contributed by atoms with Gasteiger partial charge in [-0.15, -0.1) is 0 Å². The lowest BCUT2D eigenvalue weighted by Crippen LogP contribution is -2.23. The van der Waals surface area contributed by atoms with Crippen molar-refractivity contribution in [1.29, 1.82) is 0 Å². The maximum absolute atomic E-state index is 13.1. The summed E-state index contributed by atoms with van der Waals surface area (Å²) in [5.41, 5.74) is 1.86. The van der Waals surface area contributed by atoms with Gasteiger partial charge < -0.3 is 9.64 Å². The molecule has 0 N–H and O–H groups in total. The fourth-order valence-electron chi connectivity index (χ4n) is 1.71. The van der Waals surface area contributed by atoms with Crippen molar-refractivity contribution in [2.45, 2.75) is 33.6 Å². The zero-order valence-electron chi connectivity index (χ0n) is 12.8. The molecule has 0 amide bonds. The molecule has 4 heteroatoms. The van der Waals surface area contributed by atoms with E-state index in [9.17, 15) is 8.78 Å². The van der Waals surface area contributed by atoms with Gasteiger partial charge in [0.05, 0.1) is 6.61 Å². The highest BCUT2D eigenvalue weighted by molar-refractivity contribution is 5.54. The highest BCUT2D eigenvalue weighted by Crippen LogP contribution is 2.30. The molecule has 0 fully saturated rings. The van der Waals surface area contributed by atoms with E-state index in [1.54, 1.807) is 19.2 Å². The number of anilines is 1. The van der Waals surface area contributed by atoms with E-state index < -0.39 is 5.92 Å². The number of rotatable bonds is 5. The Morgan fingerprint density at radius 2 is 1.84 bits per heavy atom. The molecule has 0 aromatic heterocycles. The van der Waals surface area contributed by atoms with Gasteiger partial charge in [-0.25, -0.2) is 8.78 Å². The summed E-state index contributed by atoms with van der Waals surface area (Å²) in [6.07, 6.45) is 0. The zero-order chi connectivity index (χ0) is 15.1. The summed E-state index contributed by atoms with van der Waals surface area (Å²) in [7, 11) is 3.56. The van der Waals surface area contributed by atoms with Crippen LogP contribution in [0, 0.1) is 6.92 Å². The summed E-state index contributed by atoms with van der Waals surface area (Å²) >= 11 is 0. The second-order valence-corrected chi connectivity index (χ2v) is 4.30. The average molecular weight is 273 g/mol. The molecule has 110 valence electrons. The van der Waals surface area contributed by atoms with Crippen LogP contribution in [0.25, 0.3) is 0 Å². The van der Waals surface area contributed by atoms with Crippen LogP contribution in [-0.2, 0) is 10.7 Å². The molecule has 1 aromatic carbocycles. The summed E-state index contributed by atoms with van der Waals surface area (Å²) in [6.45, 7) is 8.10. The second-order valence-electron chi connectivity index (χ2n) is 4.30. The predicted octanol–water partition coefficient (Wildman–Crippen LogP) is 4.22. The lowest BCUT2D eigenvalue weighted by atomic mass is 10.0. The van der Waals surface area contributed by atoms with Gasteiger partial charge in [0.25, 0.3) is 5.92 Å². The van der Waals surface area contributed by atoms with Crippen molar-refractivity contribution in [3.63, 3.8) is 0 Å². The Bertz CT molecular complexity index is 375. The van der Waals surface area contributed by atoms with Gasteiger partial charge in [0, 0.05) is 38.9 Å².